The Bertz CT molecular complexity index is 607. The van der Waals surface area contributed by atoms with Gasteiger partial charge in [0.1, 0.15) is 17.4 Å². The molecule has 0 aromatic heterocycles. The van der Waals surface area contributed by atoms with Crippen molar-refractivity contribution in [3.63, 3.8) is 0 Å². The summed E-state index contributed by atoms with van der Waals surface area (Å²) < 4.78 is 28.1. The molecule has 1 aromatic rings. The summed E-state index contributed by atoms with van der Waals surface area (Å²) in [5.41, 5.74) is -0.221. The van der Waals surface area contributed by atoms with Crippen LogP contribution < -0.4 is 4.74 Å². The minimum absolute atomic E-state index is 0.0340. The second kappa shape index (κ2) is 5.97. The van der Waals surface area contributed by atoms with Gasteiger partial charge in [0.05, 0.1) is 15.4 Å². The molecule has 8 heteroatoms. The number of nitro benzene ring substituents is 1. The van der Waals surface area contributed by atoms with Gasteiger partial charge >= 0.3 is 0 Å². The van der Waals surface area contributed by atoms with Gasteiger partial charge in [0.2, 0.25) is 0 Å². The fourth-order valence-corrected chi connectivity index (χ4v) is 2.46. The van der Waals surface area contributed by atoms with Gasteiger partial charge in [-0.15, -0.1) is 0 Å². The molecule has 0 heterocycles. The summed E-state index contributed by atoms with van der Waals surface area (Å²) >= 11 is 5.73. The van der Waals surface area contributed by atoms with Crippen LogP contribution in [0.3, 0.4) is 0 Å². The Morgan fingerprint density at radius 2 is 1.95 bits per heavy atom. The molecule has 0 aliphatic carbocycles. The van der Waals surface area contributed by atoms with Crippen molar-refractivity contribution in [1.29, 1.82) is 0 Å². The molecule has 1 rings (SSSR count). The van der Waals surface area contributed by atoms with Gasteiger partial charge in [0, 0.05) is 12.1 Å². The molecule has 112 valence electrons. The highest BCUT2D eigenvalue weighted by Crippen LogP contribution is 2.28. The molecule has 0 aliphatic heterocycles. The molecule has 0 N–H and O–H groups in total. The summed E-state index contributed by atoms with van der Waals surface area (Å²) in [4.78, 5) is 9.99. The summed E-state index contributed by atoms with van der Waals surface area (Å²) in [5, 5.41) is 10.5. The number of benzene rings is 1. The molecule has 0 spiro atoms. The predicted octanol–water partition coefficient (Wildman–Crippen LogP) is 2.84. The van der Waals surface area contributed by atoms with E-state index >= 15 is 0 Å². The average molecular weight is 322 g/mol. The largest absolute Gasteiger partial charge is 0.492 e. The summed E-state index contributed by atoms with van der Waals surface area (Å²) in [6, 6.07) is 3.90. The van der Waals surface area contributed by atoms with E-state index in [9.17, 15) is 18.5 Å². The van der Waals surface area contributed by atoms with E-state index in [2.05, 4.69) is 0 Å². The highest BCUT2D eigenvalue weighted by Gasteiger charge is 2.28. The lowest BCUT2D eigenvalue weighted by Crippen LogP contribution is -2.32. The van der Waals surface area contributed by atoms with Crippen LogP contribution in [0.5, 0.6) is 5.75 Å². The first kappa shape index (κ1) is 16.7. The normalized spacial score (nSPS) is 12.2. The molecule has 0 fully saturated rings. The van der Waals surface area contributed by atoms with Crippen LogP contribution in [0.1, 0.15) is 20.8 Å². The number of ether oxygens (including phenoxy) is 1. The standard InChI is InChI=1S/C12H16ClNO5S/c1-12(2,3)20(17,18)7-6-19-9-4-5-11(14(15)16)10(13)8-9/h4-5,8H,6-7H2,1-3H3. The lowest BCUT2D eigenvalue weighted by Gasteiger charge is -2.19. The number of nitrogens with zero attached hydrogens (tertiary/aromatic N) is 1. The van der Waals surface area contributed by atoms with Gasteiger partial charge in [0.15, 0.2) is 9.84 Å². The van der Waals surface area contributed by atoms with E-state index in [1.54, 1.807) is 20.8 Å². The quantitative estimate of drug-likeness (QED) is 0.614. The van der Waals surface area contributed by atoms with E-state index in [4.69, 9.17) is 16.3 Å². The maximum absolute atomic E-state index is 11.9. The topological polar surface area (TPSA) is 86.5 Å². The van der Waals surface area contributed by atoms with Crippen LogP contribution in [-0.4, -0.2) is 30.4 Å². The summed E-state index contributed by atoms with van der Waals surface area (Å²) in [7, 11) is -3.27. The minimum Gasteiger partial charge on any atom is -0.492 e. The summed E-state index contributed by atoms with van der Waals surface area (Å²) in [6.07, 6.45) is 0. The lowest BCUT2D eigenvalue weighted by atomic mass is 10.3. The van der Waals surface area contributed by atoms with Gasteiger partial charge in [0.25, 0.3) is 5.69 Å². The van der Waals surface area contributed by atoms with E-state index in [1.807, 2.05) is 0 Å². The van der Waals surface area contributed by atoms with Crippen LogP contribution in [0.2, 0.25) is 5.02 Å². The Morgan fingerprint density at radius 1 is 1.35 bits per heavy atom. The number of hydrogen-bond donors (Lipinski definition) is 0. The van der Waals surface area contributed by atoms with E-state index in [0.29, 0.717) is 5.75 Å². The molecule has 0 saturated carbocycles. The minimum atomic E-state index is -3.27. The van der Waals surface area contributed by atoms with Crippen molar-refractivity contribution in [1.82, 2.24) is 0 Å². The Morgan fingerprint density at radius 3 is 2.40 bits per heavy atom. The van der Waals surface area contributed by atoms with Crippen LogP contribution >= 0.6 is 11.6 Å². The first-order valence-corrected chi connectivity index (χ1v) is 7.86. The zero-order chi connectivity index (χ0) is 15.6. The third-order valence-electron chi connectivity index (χ3n) is 2.67. The summed E-state index contributed by atoms with van der Waals surface area (Å²) in [6.45, 7) is 4.81. The molecule has 6 nitrogen and oxygen atoms in total. The molecule has 0 aliphatic rings. The molecule has 0 bridgehead atoms. The van der Waals surface area contributed by atoms with Gasteiger partial charge in [-0.1, -0.05) is 11.6 Å². The SMILES string of the molecule is CC(C)(C)S(=O)(=O)CCOc1ccc([N+](=O)[O-])c(Cl)c1. The molecular formula is C12H16ClNO5S. The Hall–Kier alpha value is -1.34. The molecule has 20 heavy (non-hydrogen) atoms. The fourth-order valence-electron chi connectivity index (χ4n) is 1.30. The Labute approximate surface area is 122 Å². The lowest BCUT2D eigenvalue weighted by molar-refractivity contribution is -0.384. The van der Waals surface area contributed by atoms with Crippen LogP contribution in [-0.2, 0) is 9.84 Å². The van der Waals surface area contributed by atoms with Crippen molar-refractivity contribution in [3.8, 4) is 5.75 Å². The Kier molecular flexibility index (Phi) is 4.99. The number of rotatable bonds is 5. The second-order valence-corrected chi connectivity index (χ2v) is 8.42. The molecular weight excluding hydrogens is 306 g/mol. The van der Waals surface area contributed by atoms with Gasteiger partial charge in [-0.2, -0.15) is 0 Å². The zero-order valence-corrected chi connectivity index (χ0v) is 13.0. The van der Waals surface area contributed by atoms with E-state index in [1.165, 1.54) is 18.2 Å². The van der Waals surface area contributed by atoms with Crippen LogP contribution in [0.15, 0.2) is 18.2 Å². The van der Waals surface area contributed by atoms with Crippen LogP contribution in [0.4, 0.5) is 5.69 Å². The number of nitro groups is 1. The maximum atomic E-state index is 11.9. The van der Waals surface area contributed by atoms with Crippen molar-refractivity contribution >= 4 is 27.1 Å². The zero-order valence-electron chi connectivity index (χ0n) is 11.4. The highest BCUT2D eigenvalue weighted by molar-refractivity contribution is 7.92. The predicted molar refractivity (Wildman–Crippen MR) is 77.1 cm³/mol. The number of hydrogen-bond acceptors (Lipinski definition) is 5. The monoisotopic (exact) mass is 321 g/mol. The van der Waals surface area contributed by atoms with Gasteiger partial charge in [-0.05, 0) is 26.8 Å². The van der Waals surface area contributed by atoms with Crippen LogP contribution in [0, 0.1) is 10.1 Å². The van der Waals surface area contributed by atoms with Crippen molar-refractivity contribution < 1.29 is 18.1 Å². The third kappa shape index (κ3) is 4.08. The molecule has 1 aromatic carbocycles. The first-order valence-electron chi connectivity index (χ1n) is 5.83. The molecule has 0 unspecified atom stereocenters. The average Bonchev–Trinajstić information content (AvgIpc) is 2.26. The van der Waals surface area contributed by atoms with Crippen molar-refractivity contribution in [2.45, 2.75) is 25.5 Å². The van der Waals surface area contributed by atoms with E-state index in [-0.39, 0.29) is 23.1 Å². The van der Waals surface area contributed by atoms with Gasteiger partial charge in [-0.3, -0.25) is 10.1 Å². The number of halogens is 1. The smallest absolute Gasteiger partial charge is 0.288 e. The summed E-state index contributed by atoms with van der Waals surface area (Å²) in [5.74, 6) is 0.162. The fraction of sp³-hybridized carbons (Fsp3) is 0.500. The van der Waals surface area contributed by atoms with Crippen LogP contribution in [0.25, 0.3) is 0 Å². The molecule has 0 atom stereocenters. The first-order chi connectivity index (χ1) is 9.04. The van der Waals surface area contributed by atoms with E-state index < -0.39 is 19.5 Å². The molecule has 0 amide bonds. The second-order valence-electron chi connectivity index (χ2n) is 5.15. The maximum Gasteiger partial charge on any atom is 0.288 e. The Balaban J connectivity index is 2.69. The van der Waals surface area contributed by atoms with Gasteiger partial charge < -0.3 is 4.74 Å². The molecule has 0 radical (unpaired) electrons. The highest BCUT2D eigenvalue weighted by atomic mass is 35.5. The van der Waals surface area contributed by atoms with E-state index in [0.717, 1.165) is 0 Å². The van der Waals surface area contributed by atoms with Crippen molar-refractivity contribution in [2.24, 2.45) is 0 Å². The number of sulfone groups is 1. The third-order valence-corrected chi connectivity index (χ3v) is 5.54. The van der Waals surface area contributed by atoms with Gasteiger partial charge in [-0.25, -0.2) is 8.42 Å². The van der Waals surface area contributed by atoms with Crippen molar-refractivity contribution in [2.75, 3.05) is 12.4 Å². The molecule has 0 saturated heterocycles. The van der Waals surface area contributed by atoms with Crippen molar-refractivity contribution in [3.05, 3.63) is 33.3 Å².